The van der Waals surface area contributed by atoms with Crippen molar-refractivity contribution in [1.82, 2.24) is 9.55 Å². The van der Waals surface area contributed by atoms with Gasteiger partial charge in [-0.3, -0.25) is 4.98 Å². The summed E-state index contributed by atoms with van der Waals surface area (Å²) in [6.45, 7) is 13.9. The number of hydrogen-bond acceptors (Lipinski definition) is 5. The smallest absolute Gasteiger partial charge is 0.340 e. The summed E-state index contributed by atoms with van der Waals surface area (Å²) in [6.07, 6.45) is 8.16. The van der Waals surface area contributed by atoms with Gasteiger partial charge in [-0.15, -0.1) is 0 Å². The van der Waals surface area contributed by atoms with Crippen molar-refractivity contribution in [1.29, 1.82) is 0 Å². The highest BCUT2D eigenvalue weighted by atomic mass is 16.6. The van der Waals surface area contributed by atoms with E-state index in [1.165, 1.54) is 19.3 Å². The molecule has 6 nitrogen and oxygen atoms in total. The maximum absolute atomic E-state index is 13.6. The Bertz CT molecular complexity index is 1500. The van der Waals surface area contributed by atoms with Crippen molar-refractivity contribution >= 4 is 22.6 Å². The molecule has 1 aliphatic rings. The number of cyclic esters (lactones) is 1. The van der Waals surface area contributed by atoms with E-state index in [4.69, 9.17) is 9.47 Å². The summed E-state index contributed by atoms with van der Waals surface area (Å²) >= 11 is 0. The number of carbonyl (C=O) groups excluding carboxylic acids is 1. The minimum absolute atomic E-state index is 0.341. The molecule has 5 rings (SSSR count). The molecule has 0 radical (unpaired) electrons. The molecule has 0 N–H and O–H groups in total. The molecule has 0 saturated heterocycles. The fourth-order valence-corrected chi connectivity index (χ4v) is 6.34. The Morgan fingerprint density at radius 3 is 2.52 bits per heavy atom. The van der Waals surface area contributed by atoms with Crippen LogP contribution in [0.5, 0.6) is 5.75 Å². The molecule has 210 valence electrons. The van der Waals surface area contributed by atoms with Crippen molar-refractivity contribution in [3.05, 3.63) is 88.9 Å². The summed E-state index contributed by atoms with van der Waals surface area (Å²) in [7, 11) is 0. The highest BCUT2D eigenvalue weighted by molar-refractivity contribution is 5.98. The number of aromatic nitrogens is 2. The number of hydrogen-bond donors (Lipinski definition) is 0. The first-order chi connectivity index (χ1) is 19.5. The van der Waals surface area contributed by atoms with Gasteiger partial charge in [0.2, 0.25) is 0 Å². The fourth-order valence-electron chi connectivity index (χ4n) is 6.34. The lowest BCUT2D eigenvalue weighted by molar-refractivity contribution is 0.0245. The zero-order valence-corrected chi connectivity index (χ0v) is 24.5. The Labute approximate surface area is 237 Å². The van der Waals surface area contributed by atoms with Crippen molar-refractivity contribution in [3.8, 4) is 5.75 Å². The van der Waals surface area contributed by atoms with Crippen LogP contribution in [0.3, 0.4) is 0 Å². The molecule has 0 bridgehead atoms. The lowest BCUT2D eigenvalue weighted by Gasteiger charge is -2.33. The molecule has 0 spiro atoms. The number of nitrogens with zero attached hydrogens (tertiary/aromatic N) is 3. The largest absolute Gasteiger partial charge is 0.493 e. The molecule has 4 aromatic rings. The molecule has 0 aliphatic carbocycles. The van der Waals surface area contributed by atoms with Gasteiger partial charge < -0.3 is 18.9 Å². The number of fused-ring (bicyclic) bond motifs is 2. The van der Waals surface area contributed by atoms with Gasteiger partial charge in [0, 0.05) is 77.1 Å². The Hall–Kier alpha value is -3.80. The molecular formula is C34H41N3O3. The predicted octanol–water partition coefficient (Wildman–Crippen LogP) is 7.63. The lowest BCUT2D eigenvalue weighted by Crippen LogP contribution is -2.31. The molecule has 6 heteroatoms. The molecule has 2 aromatic carbocycles. The number of anilines is 1. The topological polar surface area (TPSA) is 56.6 Å². The summed E-state index contributed by atoms with van der Waals surface area (Å²) in [5.41, 5.74) is 5.24. The van der Waals surface area contributed by atoms with Gasteiger partial charge in [-0.1, -0.05) is 44.4 Å². The van der Waals surface area contributed by atoms with E-state index >= 15 is 0 Å². The van der Waals surface area contributed by atoms with Crippen LogP contribution in [0.1, 0.15) is 86.1 Å². The van der Waals surface area contributed by atoms with E-state index in [0.29, 0.717) is 12.2 Å². The van der Waals surface area contributed by atoms with Crippen LogP contribution in [0.25, 0.3) is 10.9 Å². The van der Waals surface area contributed by atoms with Crippen LogP contribution in [-0.4, -0.2) is 35.2 Å². The summed E-state index contributed by atoms with van der Waals surface area (Å²) in [5.74, 6) is 0.377. The van der Waals surface area contributed by atoms with E-state index in [1.807, 2.05) is 6.92 Å². The second kappa shape index (κ2) is 11.7. The second-order valence-corrected chi connectivity index (χ2v) is 10.5. The number of carbonyl (C=O) groups is 1. The summed E-state index contributed by atoms with van der Waals surface area (Å²) in [4.78, 5) is 20.3. The minimum Gasteiger partial charge on any atom is -0.493 e. The van der Waals surface area contributed by atoms with Gasteiger partial charge >= 0.3 is 5.97 Å². The first kappa shape index (κ1) is 27.8. The van der Waals surface area contributed by atoms with E-state index < -0.39 is 5.60 Å². The van der Waals surface area contributed by atoms with Gasteiger partial charge in [0.15, 0.2) is 5.60 Å². The minimum atomic E-state index is -1.19. The normalized spacial score (nSPS) is 16.3. The molecule has 40 heavy (non-hydrogen) atoms. The van der Waals surface area contributed by atoms with Crippen molar-refractivity contribution < 1.29 is 14.3 Å². The number of benzene rings is 2. The van der Waals surface area contributed by atoms with E-state index in [-0.39, 0.29) is 5.97 Å². The average molecular weight is 540 g/mol. The third-order valence-corrected chi connectivity index (χ3v) is 8.26. The van der Waals surface area contributed by atoms with E-state index in [2.05, 4.69) is 84.6 Å². The second-order valence-electron chi connectivity index (χ2n) is 10.5. The first-order valence-electron chi connectivity index (χ1n) is 14.8. The molecule has 0 saturated carbocycles. The standard InChI is InChI=1S/C34H41N3O3/c1-6-10-11-14-21-37-24(5)32(27-15-12-13-16-30(27)37)34(29-23-35-20-19-26(29)33(38)40-34)28-18-17-25(36(7-2)8-3)22-31(28)39-9-4/h12-13,15-20,22-23H,6-11,14,21H2,1-5H3. The monoisotopic (exact) mass is 539 g/mol. The third-order valence-electron chi connectivity index (χ3n) is 8.26. The molecule has 1 unspecified atom stereocenters. The van der Waals surface area contributed by atoms with Crippen molar-refractivity contribution in [2.45, 2.75) is 72.4 Å². The van der Waals surface area contributed by atoms with Crippen LogP contribution >= 0.6 is 0 Å². The zero-order valence-electron chi connectivity index (χ0n) is 24.5. The van der Waals surface area contributed by atoms with Crippen LogP contribution in [-0.2, 0) is 16.9 Å². The summed E-state index contributed by atoms with van der Waals surface area (Å²) in [6, 6.07) is 16.5. The van der Waals surface area contributed by atoms with Crippen LogP contribution in [0, 0.1) is 6.92 Å². The Kier molecular flexibility index (Phi) is 8.15. The van der Waals surface area contributed by atoms with Crippen LogP contribution in [0.4, 0.5) is 5.69 Å². The number of rotatable bonds is 12. The maximum Gasteiger partial charge on any atom is 0.340 e. The van der Waals surface area contributed by atoms with Crippen molar-refractivity contribution in [2.24, 2.45) is 0 Å². The average Bonchev–Trinajstić information content (AvgIpc) is 3.43. The highest BCUT2D eigenvalue weighted by Gasteiger charge is 2.53. The van der Waals surface area contributed by atoms with E-state index in [1.54, 1.807) is 18.5 Å². The van der Waals surface area contributed by atoms with Crippen molar-refractivity contribution in [3.63, 3.8) is 0 Å². The quantitative estimate of drug-likeness (QED) is 0.137. The number of ether oxygens (including phenoxy) is 2. The molecule has 1 aliphatic heterocycles. The fraction of sp³-hybridized carbons (Fsp3) is 0.412. The summed E-state index contributed by atoms with van der Waals surface area (Å²) < 4.78 is 15.3. The Morgan fingerprint density at radius 1 is 0.975 bits per heavy atom. The van der Waals surface area contributed by atoms with Gasteiger partial charge in [0.25, 0.3) is 0 Å². The lowest BCUT2D eigenvalue weighted by atomic mass is 9.78. The SMILES string of the molecule is CCCCCCn1c(C)c(C2(c3ccc(N(CC)CC)cc3OCC)OC(=O)c3ccncc32)c2ccccc21. The number of pyridine rings is 1. The number of unbranched alkanes of at least 4 members (excludes halogenated alkanes) is 3. The molecule has 0 amide bonds. The summed E-state index contributed by atoms with van der Waals surface area (Å²) in [5, 5.41) is 1.08. The van der Waals surface area contributed by atoms with Gasteiger partial charge in [0.05, 0.1) is 12.2 Å². The molecular weight excluding hydrogens is 498 g/mol. The van der Waals surface area contributed by atoms with Gasteiger partial charge in [-0.2, -0.15) is 0 Å². The predicted molar refractivity (Wildman–Crippen MR) is 162 cm³/mol. The molecule has 2 aromatic heterocycles. The number of aryl methyl sites for hydroxylation is 1. The molecule has 1 atom stereocenters. The highest BCUT2D eigenvalue weighted by Crippen LogP contribution is 2.53. The number of para-hydroxylation sites is 1. The third kappa shape index (κ3) is 4.53. The van der Waals surface area contributed by atoms with E-state index in [9.17, 15) is 4.79 Å². The number of esters is 1. The van der Waals surface area contributed by atoms with Crippen LogP contribution in [0.2, 0.25) is 0 Å². The maximum atomic E-state index is 13.6. The van der Waals surface area contributed by atoms with Crippen LogP contribution in [0.15, 0.2) is 60.9 Å². The van der Waals surface area contributed by atoms with Gasteiger partial charge in [0.1, 0.15) is 5.75 Å². The van der Waals surface area contributed by atoms with E-state index in [0.717, 1.165) is 70.8 Å². The zero-order chi connectivity index (χ0) is 28.3. The Morgan fingerprint density at radius 2 is 1.77 bits per heavy atom. The van der Waals surface area contributed by atoms with Gasteiger partial charge in [-0.25, -0.2) is 4.79 Å². The molecule has 0 fully saturated rings. The van der Waals surface area contributed by atoms with Crippen molar-refractivity contribution in [2.75, 3.05) is 24.6 Å². The van der Waals surface area contributed by atoms with Gasteiger partial charge in [-0.05, 0) is 58.4 Å². The Balaban J connectivity index is 1.82. The first-order valence-corrected chi connectivity index (χ1v) is 14.8. The molecule has 3 heterocycles. The van der Waals surface area contributed by atoms with Crippen LogP contribution < -0.4 is 9.64 Å².